The van der Waals surface area contributed by atoms with E-state index in [1.165, 1.54) is 16.5 Å². The fourth-order valence-corrected chi connectivity index (χ4v) is 2.22. The fourth-order valence-electron chi connectivity index (χ4n) is 2.22. The van der Waals surface area contributed by atoms with Crippen molar-refractivity contribution in [1.82, 2.24) is 19.3 Å². The molecule has 0 aliphatic rings. The molecule has 0 aliphatic heterocycles. The van der Waals surface area contributed by atoms with Gasteiger partial charge in [-0.3, -0.25) is 4.68 Å². The van der Waals surface area contributed by atoms with E-state index in [1.54, 1.807) is 11.0 Å². The maximum Gasteiger partial charge on any atom is 0.146 e. The van der Waals surface area contributed by atoms with Crippen LogP contribution in [-0.4, -0.2) is 19.3 Å². The van der Waals surface area contributed by atoms with E-state index >= 15 is 0 Å². The zero-order valence-corrected chi connectivity index (χ0v) is 10.2. The van der Waals surface area contributed by atoms with Gasteiger partial charge in [0.2, 0.25) is 0 Å². The topological polar surface area (TPSA) is 61.7 Å². The van der Waals surface area contributed by atoms with Gasteiger partial charge in [0.05, 0.1) is 6.54 Å². The first-order valence-electron chi connectivity index (χ1n) is 5.89. The summed E-state index contributed by atoms with van der Waals surface area (Å²) in [7, 11) is 1.90. The standard InChI is InChI=1S/C13H15N5/c1-17-13(15-9-16-17)8-18-6-5-11-10(7-14)3-2-4-12(11)18/h2-6,9H,7-8,14H2,1H3. The van der Waals surface area contributed by atoms with Gasteiger partial charge in [0.25, 0.3) is 0 Å². The van der Waals surface area contributed by atoms with Crippen LogP contribution in [0.5, 0.6) is 0 Å². The molecule has 0 radical (unpaired) electrons. The van der Waals surface area contributed by atoms with Crippen molar-refractivity contribution in [2.45, 2.75) is 13.1 Å². The predicted octanol–water partition coefficient (Wildman–Crippen LogP) is 1.28. The lowest BCUT2D eigenvalue weighted by Crippen LogP contribution is -2.06. The van der Waals surface area contributed by atoms with E-state index in [9.17, 15) is 0 Å². The van der Waals surface area contributed by atoms with Crippen LogP contribution in [0.3, 0.4) is 0 Å². The Bertz CT molecular complexity index is 680. The highest BCUT2D eigenvalue weighted by molar-refractivity contribution is 5.83. The summed E-state index contributed by atoms with van der Waals surface area (Å²) in [5, 5.41) is 5.29. The van der Waals surface area contributed by atoms with Gasteiger partial charge in [-0.2, -0.15) is 5.10 Å². The Labute approximate surface area is 105 Å². The van der Waals surface area contributed by atoms with Gasteiger partial charge in [-0.05, 0) is 17.7 Å². The first-order valence-corrected chi connectivity index (χ1v) is 5.89. The van der Waals surface area contributed by atoms with Gasteiger partial charge >= 0.3 is 0 Å². The average Bonchev–Trinajstić information content (AvgIpc) is 2.97. The van der Waals surface area contributed by atoms with Gasteiger partial charge in [-0.25, -0.2) is 4.98 Å². The van der Waals surface area contributed by atoms with Crippen LogP contribution >= 0.6 is 0 Å². The molecule has 0 atom stereocenters. The van der Waals surface area contributed by atoms with Crippen LogP contribution in [0.2, 0.25) is 0 Å². The zero-order chi connectivity index (χ0) is 12.5. The number of hydrogen-bond donors (Lipinski definition) is 1. The van der Waals surface area contributed by atoms with Gasteiger partial charge in [-0.1, -0.05) is 12.1 Å². The number of hydrogen-bond acceptors (Lipinski definition) is 3. The van der Waals surface area contributed by atoms with Crippen LogP contribution in [0.25, 0.3) is 10.9 Å². The van der Waals surface area contributed by atoms with E-state index in [-0.39, 0.29) is 0 Å². The Balaban J connectivity index is 2.06. The van der Waals surface area contributed by atoms with Gasteiger partial charge in [0.15, 0.2) is 0 Å². The summed E-state index contributed by atoms with van der Waals surface area (Å²) in [5.41, 5.74) is 8.10. The molecule has 3 rings (SSSR count). The van der Waals surface area contributed by atoms with Gasteiger partial charge in [-0.15, -0.1) is 0 Å². The van der Waals surface area contributed by atoms with Crippen molar-refractivity contribution in [2.75, 3.05) is 0 Å². The molecule has 0 spiro atoms. The first-order chi connectivity index (χ1) is 8.79. The number of benzene rings is 1. The fraction of sp³-hybridized carbons (Fsp3) is 0.231. The molecule has 92 valence electrons. The van der Waals surface area contributed by atoms with E-state index in [4.69, 9.17) is 5.73 Å². The van der Waals surface area contributed by atoms with Crippen LogP contribution in [0.4, 0.5) is 0 Å². The second-order valence-corrected chi connectivity index (χ2v) is 4.30. The highest BCUT2D eigenvalue weighted by Gasteiger charge is 2.07. The Morgan fingerprint density at radius 3 is 2.89 bits per heavy atom. The van der Waals surface area contributed by atoms with E-state index in [0.29, 0.717) is 13.1 Å². The van der Waals surface area contributed by atoms with E-state index < -0.39 is 0 Å². The number of nitrogens with two attached hydrogens (primary N) is 1. The highest BCUT2D eigenvalue weighted by Crippen LogP contribution is 2.20. The molecule has 18 heavy (non-hydrogen) atoms. The molecule has 2 heterocycles. The van der Waals surface area contributed by atoms with Crippen LogP contribution in [0.15, 0.2) is 36.8 Å². The van der Waals surface area contributed by atoms with E-state index in [2.05, 4.69) is 39.0 Å². The summed E-state index contributed by atoms with van der Waals surface area (Å²) >= 11 is 0. The van der Waals surface area contributed by atoms with Crippen LogP contribution in [-0.2, 0) is 20.1 Å². The molecule has 0 fully saturated rings. The molecule has 3 aromatic rings. The summed E-state index contributed by atoms with van der Waals surface area (Å²) < 4.78 is 3.96. The summed E-state index contributed by atoms with van der Waals surface area (Å²) in [6.07, 6.45) is 3.64. The lowest BCUT2D eigenvalue weighted by atomic mass is 10.1. The number of aromatic nitrogens is 4. The quantitative estimate of drug-likeness (QED) is 0.751. The number of rotatable bonds is 3. The SMILES string of the molecule is Cn1ncnc1Cn1ccc2c(CN)cccc21. The van der Waals surface area contributed by atoms with Crippen molar-refractivity contribution >= 4 is 10.9 Å². The van der Waals surface area contributed by atoms with Crippen molar-refractivity contribution in [2.24, 2.45) is 12.8 Å². The number of aryl methyl sites for hydroxylation is 1. The minimum Gasteiger partial charge on any atom is -0.340 e. The van der Waals surface area contributed by atoms with E-state index in [0.717, 1.165) is 5.82 Å². The average molecular weight is 241 g/mol. The first kappa shape index (κ1) is 11.0. The van der Waals surface area contributed by atoms with Crippen molar-refractivity contribution in [1.29, 1.82) is 0 Å². The minimum atomic E-state index is 0.561. The van der Waals surface area contributed by atoms with Crippen molar-refractivity contribution in [3.8, 4) is 0 Å². The monoisotopic (exact) mass is 241 g/mol. The lowest BCUT2D eigenvalue weighted by molar-refractivity contribution is 0.664. The summed E-state index contributed by atoms with van der Waals surface area (Å²) in [6.45, 7) is 1.28. The van der Waals surface area contributed by atoms with Crippen LogP contribution in [0.1, 0.15) is 11.4 Å². The third kappa shape index (κ3) is 1.69. The molecule has 5 heteroatoms. The normalized spacial score (nSPS) is 11.2. The molecule has 2 N–H and O–H groups in total. The van der Waals surface area contributed by atoms with Gasteiger partial charge in [0.1, 0.15) is 12.2 Å². The largest absolute Gasteiger partial charge is 0.340 e. The van der Waals surface area contributed by atoms with Crippen LogP contribution < -0.4 is 5.73 Å². The molecule has 1 aromatic carbocycles. The third-order valence-corrected chi connectivity index (χ3v) is 3.24. The Hall–Kier alpha value is -2.14. The molecule has 5 nitrogen and oxygen atoms in total. The smallest absolute Gasteiger partial charge is 0.146 e. The summed E-state index contributed by atoms with van der Waals surface area (Å²) in [4.78, 5) is 4.25. The molecule has 0 aliphatic carbocycles. The van der Waals surface area contributed by atoms with Crippen molar-refractivity contribution in [3.63, 3.8) is 0 Å². The Morgan fingerprint density at radius 1 is 1.28 bits per heavy atom. The molecule has 2 aromatic heterocycles. The lowest BCUT2D eigenvalue weighted by Gasteiger charge is -2.06. The van der Waals surface area contributed by atoms with Gasteiger partial charge < -0.3 is 10.3 Å². The minimum absolute atomic E-state index is 0.561. The third-order valence-electron chi connectivity index (χ3n) is 3.24. The highest BCUT2D eigenvalue weighted by atomic mass is 15.3. The maximum absolute atomic E-state index is 5.75. The molecular formula is C13H15N5. The van der Waals surface area contributed by atoms with Crippen LogP contribution in [0, 0.1) is 0 Å². The Morgan fingerprint density at radius 2 is 2.17 bits per heavy atom. The van der Waals surface area contributed by atoms with E-state index in [1.807, 2.05) is 13.1 Å². The van der Waals surface area contributed by atoms with Crippen molar-refractivity contribution < 1.29 is 0 Å². The number of fused-ring (bicyclic) bond motifs is 1. The molecular weight excluding hydrogens is 226 g/mol. The Kier molecular flexibility index (Phi) is 2.60. The summed E-state index contributed by atoms with van der Waals surface area (Å²) in [5.74, 6) is 0.936. The molecule has 0 saturated carbocycles. The van der Waals surface area contributed by atoms with Crippen molar-refractivity contribution in [3.05, 3.63) is 48.2 Å². The number of nitrogens with zero attached hydrogens (tertiary/aromatic N) is 4. The second kappa shape index (κ2) is 4.27. The zero-order valence-electron chi connectivity index (χ0n) is 10.2. The molecule has 0 unspecified atom stereocenters. The second-order valence-electron chi connectivity index (χ2n) is 4.30. The molecule has 0 bridgehead atoms. The molecule has 0 saturated heterocycles. The predicted molar refractivity (Wildman–Crippen MR) is 69.9 cm³/mol. The van der Waals surface area contributed by atoms with Gasteiger partial charge in [0, 0.05) is 30.7 Å². The maximum atomic E-state index is 5.75. The molecule has 0 amide bonds. The summed E-state index contributed by atoms with van der Waals surface area (Å²) in [6, 6.07) is 8.31.